The van der Waals surface area contributed by atoms with Crippen molar-refractivity contribution in [1.29, 1.82) is 0 Å². The van der Waals surface area contributed by atoms with Crippen LogP contribution >= 0.6 is 0 Å². The predicted molar refractivity (Wildman–Crippen MR) is 162 cm³/mol. The van der Waals surface area contributed by atoms with E-state index in [4.69, 9.17) is 28.7 Å². The van der Waals surface area contributed by atoms with Gasteiger partial charge in [-0.25, -0.2) is 14.6 Å². The van der Waals surface area contributed by atoms with Gasteiger partial charge in [-0.05, 0) is 41.3 Å². The molecule has 4 heterocycles. The molecule has 3 aromatic rings. The van der Waals surface area contributed by atoms with Gasteiger partial charge in [-0.2, -0.15) is 0 Å². The van der Waals surface area contributed by atoms with Crippen LogP contribution in [0.4, 0.5) is 4.79 Å². The molecule has 12 heteroatoms. The molecule has 2 aromatic carbocycles. The van der Waals surface area contributed by atoms with Gasteiger partial charge >= 0.3 is 12.1 Å². The maximum absolute atomic E-state index is 14.0. The number of hydrogen-bond acceptors (Lipinski definition) is 9. The number of fused-ring (bicyclic) bond motifs is 9. The number of aromatic nitrogens is 1. The van der Waals surface area contributed by atoms with E-state index in [9.17, 15) is 19.5 Å². The summed E-state index contributed by atoms with van der Waals surface area (Å²) in [5, 5.41) is 13.6. The third-order valence-corrected chi connectivity index (χ3v) is 8.14. The number of ether oxygens (including phenoxy) is 5. The van der Waals surface area contributed by atoms with Gasteiger partial charge in [0.1, 0.15) is 36.1 Å². The average Bonchev–Trinajstić information content (AvgIpc) is 3.64. The maximum Gasteiger partial charge on any atom is 0.407 e. The summed E-state index contributed by atoms with van der Waals surface area (Å²) in [6.45, 7) is 9.50. The van der Waals surface area contributed by atoms with Crippen LogP contribution in [0.25, 0.3) is 22.0 Å². The first kappa shape index (κ1) is 30.3. The third kappa shape index (κ3) is 6.13. The molecule has 1 saturated heterocycles. The lowest BCUT2D eigenvalue weighted by molar-refractivity contribution is -0.150. The zero-order chi connectivity index (χ0) is 32.1. The number of alkyl carbamates (subject to hydrolysis) is 1. The van der Waals surface area contributed by atoms with E-state index in [2.05, 4.69) is 5.32 Å². The van der Waals surface area contributed by atoms with E-state index >= 15 is 0 Å². The number of nitrogens with zero attached hydrogens (tertiary/aromatic N) is 2. The van der Waals surface area contributed by atoms with Crippen molar-refractivity contribution in [3.8, 4) is 34.3 Å². The molecule has 1 aromatic heterocycles. The smallest absolute Gasteiger partial charge is 0.407 e. The lowest BCUT2D eigenvalue weighted by Crippen LogP contribution is -2.57. The summed E-state index contributed by atoms with van der Waals surface area (Å²) in [7, 11) is 0. The number of aliphatic carboxylic acids is 1. The highest BCUT2D eigenvalue weighted by molar-refractivity contribution is 5.93. The molecular weight excluding hydrogens is 582 g/mol. The Labute approximate surface area is 260 Å². The summed E-state index contributed by atoms with van der Waals surface area (Å²) < 4.78 is 29.5. The Bertz CT molecular complexity index is 1670. The Balaban J connectivity index is 1.46. The highest BCUT2D eigenvalue weighted by Gasteiger charge is 2.46. The number of rotatable bonds is 1. The van der Waals surface area contributed by atoms with Gasteiger partial charge in [-0.3, -0.25) is 4.79 Å². The van der Waals surface area contributed by atoms with Crippen LogP contribution in [0, 0.1) is 10.8 Å². The standard InChI is InChI=1S/C33H37N3O9/c1-32(2,3)27-29(37)36-14-21(13-23(36)30(38)39)45-28-22(12-19-9-10-24-26(25(19)34-28)44-17-43-24)18-7-6-8-20(11-18)41-15-33(4,5)16-42-31(40)35-27/h6-12,21,23,27H,13-17H2,1-5H3,(H,35,40)(H,38,39)/t21-,23+,27-/m1/s1. The van der Waals surface area contributed by atoms with E-state index in [1.165, 1.54) is 4.90 Å². The van der Waals surface area contributed by atoms with Crippen molar-refractivity contribution >= 4 is 28.9 Å². The Morgan fingerprint density at radius 2 is 1.82 bits per heavy atom. The molecule has 0 spiro atoms. The summed E-state index contributed by atoms with van der Waals surface area (Å²) >= 11 is 0. The second-order valence-electron chi connectivity index (χ2n) is 13.5. The van der Waals surface area contributed by atoms with Gasteiger partial charge in [0.05, 0.1) is 13.2 Å². The molecule has 0 radical (unpaired) electrons. The van der Waals surface area contributed by atoms with E-state index in [0.29, 0.717) is 28.3 Å². The molecule has 0 saturated carbocycles. The number of carboxylic acids is 1. The number of benzene rings is 2. The average molecular weight is 620 g/mol. The first-order valence-corrected chi connectivity index (χ1v) is 14.9. The van der Waals surface area contributed by atoms with Crippen LogP contribution in [0.2, 0.25) is 0 Å². The van der Waals surface area contributed by atoms with Gasteiger partial charge < -0.3 is 39.0 Å². The minimum atomic E-state index is -1.17. The fourth-order valence-electron chi connectivity index (χ4n) is 5.71. The van der Waals surface area contributed by atoms with Crippen molar-refractivity contribution in [1.82, 2.24) is 15.2 Å². The molecule has 2 N–H and O–H groups in total. The van der Waals surface area contributed by atoms with Gasteiger partial charge in [0.15, 0.2) is 11.5 Å². The molecule has 6 rings (SSSR count). The molecule has 4 bridgehead atoms. The summed E-state index contributed by atoms with van der Waals surface area (Å²) in [5.41, 5.74) is 0.633. The van der Waals surface area contributed by atoms with Crippen molar-refractivity contribution in [2.24, 2.45) is 10.8 Å². The summed E-state index contributed by atoms with van der Waals surface area (Å²) in [4.78, 5) is 45.5. The lowest BCUT2D eigenvalue weighted by Gasteiger charge is -2.34. The SMILES string of the molecule is CC1(C)COC(=O)N[C@@H](C(C)(C)C)C(=O)N2C[C@@H](C[C@H]2C(=O)O)Oc2nc3c4c(ccc3cc2-c2cccc(c2)OC1)OCO4. The number of pyridine rings is 1. The highest BCUT2D eigenvalue weighted by atomic mass is 16.7. The summed E-state index contributed by atoms with van der Waals surface area (Å²) in [5.74, 6) is 0.203. The first-order chi connectivity index (χ1) is 21.3. The number of carboxylic acid groups (broad SMARTS) is 1. The molecule has 2 amide bonds. The molecule has 1 fully saturated rings. The number of carbonyl (C=O) groups excluding carboxylic acids is 2. The van der Waals surface area contributed by atoms with Crippen LogP contribution in [0.15, 0.2) is 42.5 Å². The quantitative estimate of drug-likeness (QED) is 0.396. The maximum atomic E-state index is 14.0. The van der Waals surface area contributed by atoms with E-state index < -0.39 is 47.0 Å². The second kappa shape index (κ2) is 11.3. The van der Waals surface area contributed by atoms with Gasteiger partial charge in [-0.1, -0.05) is 46.8 Å². The van der Waals surface area contributed by atoms with Gasteiger partial charge in [0.25, 0.3) is 0 Å². The van der Waals surface area contributed by atoms with Crippen molar-refractivity contribution < 1.29 is 43.2 Å². The zero-order valence-corrected chi connectivity index (χ0v) is 25.9. The van der Waals surface area contributed by atoms with Crippen LogP contribution in [-0.4, -0.2) is 77.7 Å². The van der Waals surface area contributed by atoms with Crippen molar-refractivity contribution in [3.05, 3.63) is 42.5 Å². The number of amides is 2. The Morgan fingerprint density at radius 1 is 1.04 bits per heavy atom. The molecule has 0 aliphatic carbocycles. The molecule has 45 heavy (non-hydrogen) atoms. The van der Waals surface area contributed by atoms with E-state index in [1.807, 2.05) is 56.3 Å². The van der Waals surface area contributed by atoms with E-state index in [-0.39, 0.29) is 38.9 Å². The highest BCUT2D eigenvalue weighted by Crippen LogP contribution is 2.43. The summed E-state index contributed by atoms with van der Waals surface area (Å²) in [6.07, 6.45) is -1.47. The molecule has 3 atom stereocenters. The molecule has 3 aliphatic rings. The normalized spacial score (nSPS) is 23.1. The first-order valence-electron chi connectivity index (χ1n) is 14.9. The number of hydrogen-bond donors (Lipinski definition) is 2. The number of carbonyl (C=O) groups is 3. The third-order valence-electron chi connectivity index (χ3n) is 8.14. The number of nitrogens with one attached hydrogen (secondary N) is 1. The molecule has 12 nitrogen and oxygen atoms in total. The minimum absolute atomic E-state index is 0.0192. The van der Waals surface area contributed by atoms with Crippen LogP contribution < -0.4 is 24.3 Å². The van der Waals surface area contributed by atoms with Gasteiger partial charge in [-0.15, -0.1) is 0 Å². The van der Waals surface area contributed by atoms with Crippen LogP contribution in [0.3, 0.4) is 0 Å². The topological polar surface area (TPSA) is 146 Å². The van der Waals surface area contributed by atoms with Crippen LogP contribution in [0.1, 0.15) is 41.0 Å². The van der Waals surface area contributed by atoms with Gasteiger partial charge in [0.2, 0.25) is 18.6 Å². The van der Waals surface area contributed by atoms with Crippen LogP contribution in [-0.2, 0) is 14.3 Å². The summed E-state index contributed by atoms with van der Waals surface area (Å²) in [6, 6.07) is 10.9. The fourth-order valence-corrected chi connectivity index (χ4v) is 5.71. The van der Waals surface area contributed by atoms with E-state index in [0.717, 1.165) is 10.9 Å². The van der Waals surface area contributed by atoms with Crippen molar-refractivity contribution in [2.75, 3.05) is 26.6 Å². The predicted octanol–water partition coefficient (Wildman–Crippen LogP) is 4.62. The fraction of sp³-hybridized carbons (Fsp3) is 0.455. The monoisotopic (exact) mass is 619 g/mol. The molecule has 0 unspecified atom stereocenters. The number of cyclic esters (lactones) is 1. The Hall–Kier alpha value is -4.74. The largest absolute Gasteiger partial charge is 0.493 e. The van der Waals surface area contributed by atoms with E-state index in [1.54, 1.807) is 20.8 Å². The molecule has 3 aliphatic heterocycles. The van der Waals surface area contributed by atoms with Crippen LogP contribution in [0.5, 0.6) is 23.1 Å². The molecule has 238 valence electrons. The Kier molecular flexibility index (Phi) is 7.62. The zero-order valence-electron chi connectivity index (χ0n) is 25.9. The minimum Gasteiger partial charge on any atom is -0.493 e. The van der Waals surface area contributed by atoms with Gasteiger partial charge in [0, 0.05) is 22.8 Å². The molecular formula is C33H37N3O9. The van der Waals surface area contributed by atoms with Crippen molar-refractivity contribution in [2.45, 2.75) is 59.2 Å². The van der Waals surface area contributed by atoms with Crippen molar-refractivity contribution in [3.63, 3.8) is 0 Å². The lowest BCUT2D eigenvalue weighted by atomic mass is 9.85. The second-order valence-corrected chi connectivity index (χ2v) is 13.5. The Morgan fingerprint density at radius 3 is 2.58 bits per heavy atom.